The van der Waals surface area contributed by atoms with Crippen LogP contribution in [0.15, 0.2) is 48.5 Å². The van der Waals surface area contributed by atoms with Crippen molar-refractivity contribution < 1.29 is 5.11 Å². The average molecular weight is 232 g/mol. The highest BCUT2D eigenvalue weighted by Gasteiger charge is 1.97. The first-order chi connectivity index (χ1) is 7.74. The minimum atomic E-state index is 0.295. The molecule has 2 aromatic rings. The molecule has 0 aromatic heterocycles. The highest BCUT2D eigenvalue weighted by molar-refractivity contribution is 6.30. The first-order valence-electron chi connectivity index (χ1n) is 5.11. The SMILES string of the molecule is Oc1ccc([CH]Cc2ccc(Cl)cc2)cc1. The molecule has 2 aromatic carbocycles. The molecule has 0 saturated carbocycles. The molecule has 0 unspecified atom stereocenters. The Hall–Kier alpha value is -1.47. The average Bonchev–Trinajstić information content (AvgIpc) is 2.30. The molecule has 0 atom stereocenters. The van der Waals surface area contributed by atoms with Gasteiger partial charge in [0.2, 0.25) is 0 Å². The summed E-state index contributed by atoms with van der Waals surface area (Å²) >= 11 is 5.81. The fourth-order valence-electron chi connectivity index (χ4n) is 1.47. The van der Waals surface area contributed by atoms with E-state index in [1.165, 1.54) is 5.56 Å². The molecule has 0 spiro atoms. The smallest absolute Gasteiger partial charge is 0.115 e. The monoisotopic (exact) mass is 231 g/mol. The van der Waals surface area contributed by atoms with Crippen molar-refractivity contribution in [1.29, 1.82) is 0 Å². The number of hydrogen-bond donors (Lipinski definition) is 1. The van der Waals surface area contributed by atoms with Crippen LogP contribution in [0, 0.1) is 6.42 Å². The minimum Gasteiger partial charge on any atom is -0.508 e. The van der Waals surface area contributed by atoms with Gasteiger partial charge in [-0.3, -0.25) is 0 Å². The van der Waals surface area contributed by atoms with Gasteiger partial charge in [0.25, 0.3) is 0 Å². The third-order valence-electron chi connectivity index (χ3n) is 2.38. The molecule has 81 valence electrons. The molecular weight excluding hydrogens is 220 g/mol. The lowest BCUT2D eigenvalue weighted by atomic mass is 10.0. The van der Waals surface area contributed by atoms with Crippen molar-refractivity contribution in [2.24, 2.45) is 0 Å². The first kappa shape index (κ1) is 11.0. The molecule has 2 rings (SSSR count). The van der Waals surface area contributed by atoms with Crippen molar-refractivity contribution in [1.82, 2.24) is 0 Å². The highest BCUT2D eigenvalue weighted by Crippen LogP contribution is 2.15. The zero-order chi connectivity index (χ0) is 11.4. The highest BCUT2D eigenvalue weighted by atomic mass is 35.5. The number of rotatable bonds is 3. The van der Waals surface area contributed by atoms with Crippen LogP contribution in [0.3, 0.4) is 0 Å². The summed E-state index contributed by atoms with van der Waals surface area (Å²) in [5.41, 5.74) is 2.32. The zero-order valence-corrected chi connectivity index (χ0v) is 9.48. The van der Waals surface area contributed by atoms with Crippen molar-refractivity contribution >= 4 is 11.6 Å². The van der Waals surface area contributed by atoms with Crippen LogP contribution in [-0.2, 0) is 6.42 Å². The molecule has 0 saturated heterocycles. The van der Waals surface area contributed by atoms with Crippen molar-refractivity contribution in [3.8, 4) is 5.75 Å². The third kappa shape index (κ3) is 3.01. The predicted molar refractivity (Wildman–Crippen MR) is 66.7 cm³/mol. The molecule has 2 heteroatoms. The maximum atomic E-state index is 9.14. The second-order valence-corrected chi connectivity index (χ2v) is 4.06. The molecule has 0 fully saturated rings. The standard InChI is InChI=1S/C14H12ClO/c15-13-7-3-11(4-8-13)1-2-12-5-9-14(16)10-6-12/h2-10,16H,1H2. The Morgan fingerprint density at radius 1 is 0.938 bits per heavy atom. The van der Waals surface area contributed by atoms with Gasteiger partial charge in [0, 0.05) is 5.02 Å². The fourth-order valence-corrected chi connectivity index (χ4v) is 1.59. The Labute approximate surface area is 100 Å². The van der Waals surface area contributed by atoms with Gasteiger partial charge in [-0.05, 0) is 48.2 Å². The van der Waals surface area contributed by atoms with Gasteiger partial charge >= 0.3 is 0 Å². The maximum absolute atomic E-state index is 9.14. The first-order valence-corrected chi connectivity index (χ1v) is 5.48. The summed E-state index contributed by atoms with van der Waals surface area (Å²) < 4.78 is 0. The van der Waals surface area contributed by atoms with E-state index in [1.54, 1.807) is 12.1 Å². The van der Waals surface area contributed by atoms with Crippen molar-refractivity contribution in [2.45, 2.75) is 6.42 Å². The van der Waals surface area contributed by atoms with Crippen LogP contribution in [0.2, 0.25) is 5.02 Å². The van der Waals surface area contributed by atoms with E-state index < -0.39 is 0 Å². The molecule has 1 radical (unpaired) electrons. The lowest BCUT2D eigenvalue weighted by Gasteiger charge is -2.02. The second kappa shape index (κ2) is 5.04. The van der Waals surface area contributed by atoms with E-state index in [0.717, 1.165) is 17.0 Å². The molecule has 0 aliphatic carbocycles. The van der Waals surface area contributed by atoms with Gasteiger partial charge in [-0.2, -0.15) is 0 Å². The topological polar surface area (TPSA) is 20.2 Å². The van der Waals surface area contributed by atoms with Gasteiger partial charge in [-0.25, -0.2) is 0 Å². The fraction of sp³-hybridized carbons (Fsp3) is 0.0714. The van der Waals surface area contributed by atoms with E-state index in [9.17, 15) is 0 Å². The molecular formula is C14H12ClO. The van der Waals surface area contributed by atoms with Crippen LogP contribution in [0.1, 0.15) is 11.1 Å². The Morgan fingerprint density at radius 3 is 2.19 bits per heavy atom. The Morgan fingerprint density at radius 2 is 1.56 bits per heavy atom. The van der Waals surface area contributed by atoms with Crippen molar-refractivity contribution in [3.63, 3.8) is 0 Å². The van der Waals surface area contributed by atoms with Gasteiger partial charge in [-0.1, -0.05) is 35.9 Å². The summed E-state index contributed by atoms with van der Waals surface area (Å²) in [4.78, 5) is 0. The molecule has 0 aliphatic rings. The van der Waals surface area contributed by atoms with E-state index in [1.807, 2.05) is 36.4 Å². The normalized spacial score (nSPS) is 10.3. The number of phenolic OH excluding ortho intramolecular Hbond substituents is 1. The van der Waals surface area contributed by atoms with Gasteiger partial charge in [0.15, 0.2) is 0 Å². The Balaban J connectivity index is 1.97. The predicted octanol–water partition coefficient (Wildman–Crippen LogP) is 3.84. The molecule has 1 N–H and O–H groups in total. The summed E-state index contributed by atoms with van der Waals surface area (Å²) in [6.45, 7) is 0. The molecule has 16 heavy (non-hydrogen) atoms. The quantitative estimate of drug-likeness (QED) is 0.851. The Bertz CT molecular complexity index is 400. The molecule has 0 heterocycles. The Kier molecular flexibility index (Phi) is 3.47. The van der Waals surface area contributed by atoms with Gasteiger partial charge in [-0.15, -0.1) is 0 Å². The van der Waals surface area contributed by atoms with E-state index in [0.29, 0.717) is 5.75 Å². The molecule has 1 nitrogen and oxygen atoms in total. The van der Waals surface area contributed by atoms with E-state index in [4.69, 9.17) is 16.7 Å². The summed E-state index contributed by atoms with van der Waals surface area (Å²) in [6, 6.07) is 15.0. The van der Waals surface area contributed by atoms with Crippen LogP contribution in [0.25, 0.3) is 0 Å². The molecule has 0 bridgehead atoms. The largest absolute Gasteiger partial charge is 0.508 e. The van der Waals surface area contributed by atoms with E-state index in [-0.39, 0.29) is 0 Å². The second-order valence-electron chi connectivity index (χ2n) is 3.63. The summed E-state index contributed by atoms with van der Waals surface area (Å²) in [6.07, 6.45) is 2.98. The van der Waals surface area contributed by atoms with E-state index >= 15 is 0 Å². The lowest BCUT2D eigenvalue weighted by Crippen LogP contribution is -1.87. The lowest BCUT2D eigenvalue weighted by molar-refractivity contribution is 0.475. The van der Waals surface area contributed by atoms with Gasteiger partial charge in [0.05, 0.1) is 0 Å². The number of aromatic hydroxyl groups is 1. The molecule has 0 amide bonds. The third-order valence-corrected chi connectivity index (χ3v) is 2.63. The number of hydrogen-bond acceptors (Lipinski definition) is 1. The van der Waals surface area contributed by atoms with Crippen molar-refractivity contribution in [2.75, 3.05) is 0 Å². The number of phenols is 1. The van der Waals surface area contributed by atoms with Gasteiger partial charge < -0.3 is 5.11 Å². The van der Waals surface area contributed by atoms with Crippen LogP contribution in [0.5, 0.6) is 5.75 Å². The van der Waals surface area contributed by atoms with Crippen molar-refractivity contribution in [3.05, 3.63) is 71.1 Å². The zero-order valence-electron chi connectivity index (χ0n) is 8.73. The number of benzene rings is 2. The summed E-state index contributed by atoms with van der Waals surface area (Å²) in [5, 5.41) is 9.90. The summed E-state index contributed by atoms with van der Waals surface area (Å²) in [5.74, 6) is 0.295. The maximum Gasteiger partial charge on any atom is 0.115 e. The number of halogens is 1. The summed E-state index contributed by atoms with van der Waals surface area (Å²) in [7, 11) is 0. The van der Waals surface area contributed by atoms with E-state index in [2.05, 4.69) is 6.42 Å². The minimum absolute atomic E-state index is 0.295. The van der Waals surface area contributed by atoms with Crippen LogP contribution in [-0.4, -0.2) is 5.11 Å². The van der Waals surface area contributed by atoms with Crippen LogP contribution in [0.4, 0.5) is 0 Å². The van der Waals surface area contributed by atoms with Crippen LogP contribution < -0.4 is 0 Å². The molecule has 0 aliphatic heterocycles. The van der Waals surface area contributed by atoms with Gasteiger partial charge in [0.1, 0.15) is 5.75 Å². The van der Waals surface area contributed by atoms with Crippen LogP contribution >= 0.6 is 11.6 Å².